The van der Waals surface area contributed by atoms with Crippen molar-refractivity contribution in [3.8, 4) is 0 Å². The first-order valence-corrected chi connectivity index (χ1v) is 5.17. The SMILES string of the molecule is CC1C=Cc2cc(C(C)C)oc2C=C1. The number of furan rings is 1. The second kappa shape index (κ2) is 3.49. The van der Waals surface area contributed by atoms with Crippen LogP contribution in [0, 0.1) is 5.92 Å². The summed E-state index contributed by atoms with van der Waals surface area (Å²) < 4.78 is 5.76. The van der Waals surface area contributed by atoms with E-state index in [0.717, 1.165) is 11.5 Å². The highest BCUT2D eigenvalue weighted by Crippen LogP contribution is 2.27. The molecule has 1 aromatic heterocycles. The minimum Gasteiger partial charge on any atom is -0.461 e. The lowest BCUT2D eigenvalue weighted by Crippen LogP contribution is -1.81. The molecule has 2 rings (SSSR count). The Hall–Kier alpha value is -1.24. The van der Waals surface area contributed by atoms with Crippen LogP contribution >= 0.6 is 0 Å². The van der Waals surface area contributed by atoms with E-state index in [0.29, 0.717) is 11.8 Å². The molecule has 0 spiro atoms. The van der Waals surface area contributed by atoms with Crippen molar-refractivity contribution in [3.63, 3.8) is 0 Å². The lowest BCUT2D eigenvalue weighted by molar-refractivity contribution is 0.479. The zero-order valence-electron chi connectivity index (χ0n) is 8.95. The van der Waals surface area contributed by atoms with Gasteiger partial charge in [-0.3, -0.25) is 0 Å². The van der Waals surface area contributed by atoms with Crippen molar-refractivity contribution < 1.29 is 4.42 Å². The highest BCUT2D eigenvalue weighted by Gasteiger charge is 2.11. The van der Waals surface area contributed by atoms with Crippen molar-refractivity contribution in [1.29, 1.82) is 0 Å². The molecule has 1 heterocycles. The Labute approximate surface area is 85.1 Å². The largest absolute Gasteiger partial charge is 0.461 e. The second-order valence-electron chi connectivity index (χ2n) is 4.20. The molecular formula is C13H16O. The molecule has 0 amide bonds. The van der Waals surface area contributed by atoms with Gasteiger partial charge in [-0.1, -0.05) is 39.0 Å². The zero-order valence-corrected chi connectivity index (χ0v) is 8.95. The maximum absolute atomic E-state index is 5.76. The highest BCUT2D eigenvalue weighted by molar-refractivity contribution is 5.65. The van der Waals surface area contributed by atoms with Crippen LogP contribution in [0.4, 0.5) is 0 Å². The van der Waals surface area contributed by atoms with Crippen LogP contribution in [0.5, 0.6) is 0 Å². The maximum Gasteiger partial charge on any atom is 0.133 e. The van der Waals surface area contributed by atoms with Crippen molar-refractivity contribution in [2.45, 2.75) is 26.7 Å². The molecule has 0 aliphatic heterocycles. The van der Waals surface area contributed by atoms with Crippen LogP contribution < -0.4 is 0 Å². The van der Waals surface area contributed by atoms with Crippen LogP contribution in [0.15, 0.2) is 22.6 Å². The van der Waals surface area contributed by atoms with Crippen molar-refractivity contribution >= 4 is 12.2 Å². The molecule has 0 saturated heterocycles. The molecule has 74 valence electrons. The maximum atomic E-state index is 5.76. The Morgan fingerprint density at radius 1 is 1.21 bits per heavy atom. The van der Waals surface area contributed by atoms with E-state index in [9.17, 15) is 0 Å². The monoisotopic (exact) mass is 188 g/mol. The summed E-state index contributed by atoms with van der Waals surface area (Å²) in [6.45, 7) is 6.46. The molecule has 1 aromatic rings. The molecule has 0 N–H and O–H groups in total. The summed E-state index contributed by atoms with van der Waals surface area (Å²) in [4.78, 5) is 0. The smallest absolute Gasteiger partial charge is 0.133 e. The van der Waals surface area contributed by atoms with E-state index in [1.165, 1.54) is 5.56 Å². The Morgan fingerprint density at radius 3 is 2.64 bits per heavy atom. The van der Waals surface area contributed by atoms with E-state index in [1.54, 1.807) is 0 Å². The van der Waals surface area contributed by atoms with Crippen LogP contribution in [0.25, 0.3) is 12.2 Å². The summed E-state index contributed by atoms with van der Waals surface area (Å²) in [5.74, 6) is 3.02. The molecule has 1 aliphatic carbocycles. The Kier molecular flexibility index (Phi) is 2.32. The van der Waals surface area contributed by atoms with Gasteiger partial charge in [0.15, 0.2) is 0 Å². The highest BCUT2D eigenvalue weighted by atomic mass is 16.3. The molecule has 14 heavy (non-hydrogen) atoms. The molecule has 0 aromatic carbocycles. The predicted octanol–water partition coefficient (Wildman–Crippen LogP) is 4.08. The first kappa shape index (κ1) is 9.32. The fourth-order valence-electron chi connectivity index (χ4n) is 1.54. The number of hydrogen-bond acceptors (Lipinski definition) is 1. The molecule has 0 bridgehead atoms. The van der Waals surface area contributed by atoms with Gasteiger partial charge >= 0.3 is 0 Å². The van der Waals surface area contributed by atoms with Gasteiger partial charge in [-0.25, -0.2) is 0 Å². The lowest BCUT2D eigenvalue weighted by Gasteiger charge is -1.97. The quantitative estimate of drug-likeness (QED) is 0.647. The summed E-state index contributed by atoms with van der Waals surface area (Å²) in [5.41, 5.74) is 1.20. The fraction of sp³-hybridized carbons (Fsp3) is 0.385. The molecule has 1 unspecified atom stereocenters. The van der Waals surface area contributed by atoms with E-state index in [2.05, 4.69) is 51.1 Å². The van der Waals surface area contributed by atoms with Crippen LogP contribution in [-0.4, -0.2) is 0 Å². The minimum atomic E-state index is 0.459. The second-order valence-corrected chi connectivity index (χ2v) is 4.20. The van der Waals surface area contributed by atoms with E-state index >= 15 is 0 Å². The number of fused-ring (bicyclic) bond motifs is 1. The fourth-order valence-corrected chi connectivity index (χ4v) is 1.54. The Balaban J connectivity index is 2.41. The number of hydrogen-bond donors (Lipinski definition) is 0. The van der Waals surface area contributed by atoms with Gasteiger partial charge in [-0.05, 0) is 18.1 Å². The van der Waals surface area contributed by atoms with Gasteiger partial charge in [0.25, 0.3) is 0 Å². The van der Waals surface area contributed by atoms with Gasteiger partial charge < -0.3 is 4.42 Å². The third kappa shape index (κ3) is 1.67. The van der Waals surface area contributed by atoms with Gasteiger partial charge in [0.1, 0.15) is 11.5 Å². The van der Waals surface area contributed by atoms with Crippen molar-refractivity contribution in [1.82, 2.24) is 0 Å². The topological polar surface area (TPSA) is 13.1 Å². The third-order valence-corrected chi connectivity index (χ3v) is 2.51. The van der Waals surface area contributed by atoms with Crippen LogP contribution in [0.3, 0.4) is 0 Å². The van der Waals surface area contributed by atoms with Crippen molar-refractivity contribution in [3.05, 3.63) is 35.3 Å². The Bertz CT molecular complexity index is 348. The van der Waals surface area contributed by atoms with Crippen molar-refractivity contribution in [2.24, 2.45) is 5.92 Å². The first-order chi connectivity index (χ1) is 6.66. The Morgan fingerprint density at radius 2 is 1.93 bits per heavy atom. The van der Waals surface area contributed by atoms with E-state index in [4.69, 9.17) is 4.42 Å². The van der Waals surface area contributed by atoms with Crippen LogP contribution in [-0.2, 0) is 0 Å². The van der Waals surface area contributed by atoms with E-state index < -0.39 is 0 Å². The molecule has 1 atom stereocenters. The van der Waals surface area contributed by atoms with Gasteiger partial charge in [0.2, 0.25) is 0 Å². The summed E-state index contributed by atoms with van der Waals surface area (Å²) in [7, 11) is 0. The minimum absolute atomic E-state index is 0.459. The van der Waals surface area contributed by atoms with Crippen LogP contribution in [0.1, 0.15) is 43.8 Å². The lowest BCUT2D eigenvalue weighted by atomic mass is 10.1. The molecule has 1 heteroatoms. The zero-order chi connectivity index (χ0) is 10.1. The summed E-state index contributed by atoms with van der Waals surface area (Å²) in [6.07, 6.45) is 8.58. The summed E-state index contributed by atoms with van der Waals surface area (Å²) in [6, 6.07) is 2.14. The molecule has 1 aliphatic rings. The van der Waals surface area contributed by atoms with Gasteiger partial charge in [0, 0.05) is 11.5 Å². The predicted molar refractivity (Wildman–Crippen MR) is 60.0 cm³/mol. The average Bonchev–Trinajstić information content (AvgIpc) is 2.48. The summed E-state index contributed by atoms with van der Waals surface area (Å²) in [5, 5.41) is 0. The molecular weight excluding hydrogens is 172 g/mol. The van der Waals surface area contributed by atoms with Gasteiger partial charge in [-0.15, -0.1) is 0 Å². The average molecular weight is 188 g/mol. The normalized spacial score (nSPS) is 19.9. The number of rotatable bonds is 1. The molecule has 0 radical (unpaired) electrons. The standard InChI is InChI=1S/C13H16O/c1-9(2)13-8-11-6-4-10(3)5-7-12(11)14-13/h4-10H,1-3H3. The molecule has 0 fully saturated rings. The first-order valence-electron chi connectivity index (χ1n) is 5.17. The number of allylic oxidation sites excluding steroid dienone is 2. The molecule has 0 saturated carbocycles. The van der Waals surface area contributed by atoms with Crippen LogP contribution in [0.2, 0.25) is 0 Å². The van der Waals surface area contributed by atoms with Gasteiger partial charge in [0.05, 0.1) is 0 Å². The van der Waals surface area contributed by atoms with Gasteiger partial charge in [-0.2, -0.15) is 0 Å². The molecule has 1 nitrogen and oxygen atoms in total. The summed E-state index contributed by atoms with van der Waals surface area (Å²) >= 11 is 0. The van der Waals surface area contributed by atoms with E-state index in [1.807, 2.05) is 0 Å². The van der Waals surface area contributed by atoms with E-state index in [-0.39, 0.29) is 0 Å². The third-order valence-electron chi connectivity index (χ3n) is 2.51. The van der Waals surface area contributed by atoms with Crippen molar-refractivity contribution in [2.75, 3.05) is 0 Å².